The molecule has 5 nitrogen and oxygen atoms in total. The van der Waals surface area contributed by atoms with Gasteiger partial charge in [0, 0.05) is 24.9 Å². The molecule has 0 bridgehead atoms. The Bertz CT molecular complexity index is 753. The molecule has 19 heavy (non-hydrogen) atoms. The van der Waals surface area contributed by atoms with Gasteiger partial charge in [0.25, 0.3) is 0 Å². The summed E-state index contributed by atoms with van der Waals surface area (Å²) >= 11 is 6.26. The fourth-order valence-corrected chi connectivity index (χ4v) is 2.14. The lowest BCUT2D eigenvalue weighted by atomic mass is 10.1. The second-order valence-electron chi connectivity index (χ2n) is 4.08. The van der Waals surface area contributed by atoms with Crippen LogP contribution in [0.5, 0.6) is 5.88 Å². The van der Waals surface area contributed by atoms with E-state index in [1.807, 2.05) is 25.2 Å². The van der Waals surface area contributed by atoms with Gasteiger partial charge in [0.05, 0.1) is 29.4 Å². The summed E-state index contributed by atoms with van der Waals surface area (Å²) in [6, 6.07) is 5.50. The molecule has 0 N–H and O–H groups in total. The van der Waals surface area contributed by atoms with Crippen LogP contribution >= 0.6 is 11.6 Å². The lowest BCUT2D eigenvalue weighted by Crippen LogP contribution is -1.94. The minimum Gasteiger partial charge on any atom is -0.481 e. The van der Waals surface area contributed by atoms with Crippen molar-refractivity contribution in [2.75, 3.05) is 7.11 Å². The van der Waals surface area contributed by atoms with Gasteiger partial charge in [-0.2, -0.15) is 5.10 Å². The van der Waals surface area contributed by atoms with Crippen molar-refractivity contribution in [3.05, 3.63) is 35.6 Å². The van der Waals surface area contributed by atoms with Gasteiger partial charge in [-0.1, -0.05) is 11.6 Å². The van der Waals surface area contributed by atoms with Gasteiger partial charge < -0.3 is 4.74 Å². The molecule has 0 aromatic carbocycles. The highest BCUT2D eigenvalue weighted by Gasteiger charge is 2.10. The van der Waals surface area contributed by atoms with Gasteiger partial charge in [-0.15, -0.1) is 0 Å². The molecule has 0 saturated carbocycles. The Morgan fingerprint density at radius 1 is 1.32 bits per heavy atom. The maximum Gasteiger partial charge on any atom is 0.213 e. The zero-order valence-corrected chi connectivity index (χ0v) is 11.2. The number of hydrogen-bond donors (Lipinski definition) is 0. The van der Waals surface area contributed by atoms with Crippen LogP contribution < -0.4 is 4.74 Å². The van der Waals surface area contributed by atoms with Crippen molar-refractivity contribution in [1.82, 2.24) is 19.7 Å². The van der Waals surface area contributed by atoms with Gasteiger partial charge in [-0.3, -0.25) is 4.68 Å². The molecule has 3 aromatic heterocycles. The molecule has 0 fully saturated rings. The fraction of sp³-hybridized carbons (Fsp3) is 0.154. The Kier molecular flexibility index (Phi) is 2.83. The number of fused-ring (bicyclic) bond motifs is 1. The van der Waals surface area contributed by atoms with Crippen molar-refractivity contribution in [1.29, 1.82) is 0 Å². The van der Waals surface area contributed by atoms with E-state index in [0.717, 1.165) is 22.3 Å². The molecular weight excluding hydrogens is 264 g/mol. The Labute approximate surface area is 114 Å². The highest BCUT2D eigenvalue weighted by atomic mass is 35.5. The van der Waals surface area contributed by atoms with Crippen LogP contribution in [0.4, 0.5) is 0 Å². The van der Waals surface area contributed by atoms with Gasteiger partial charge >= 0.3 is 0 Å². The molecular formula is C13H11ClN4O. The van der Waals surface area contributed by atoms with E-state index in [1.165, 1.54) is 0 Å². The SMILES string of the molecule is COc1cc(-c2cc(Cl)c3cnn(C)c3n2)ccn1. The number of rotatable bonds is 2. The summed E-state index contributed by atoms with van der Waals surface area (Å²) < 4.78 is 6.81. The van der Waals surface area contributed by atoms with Crippen molar-refractivity contribution in [2.45, 2.75) is 0 Å². The second kappa shape index (κ2) is 4.51. The van der Waals surface area contributed by atoms with Crippen LogP contribution in [-0.2, 0) is 7.05 Å². The first-order valence-electron chi connectivity index (χ1n) is 5.67. The summed E-state index contributed by atoms with van der Waals surface area (Å²) in [6.07, 6.45) is 3.39. The van der Waals surface area contributed by atoms with Crippen LogP contribution in [0.25, 0.3) is 22.3 Å². The summed E-state index contributed by atoms with van der Waals surface area (Å²) in [5.74, 6) is 0.542. The number of nitrogens with zero attached hydrogens (tertiary/aromatic N) is 4. The van der Waals surface area contributed by atoms with Crippen LogP contribution in [0.3, 0.4) is 0 Å². The number of methoxy groups -OCH3 is 1. The lowest BCUT2D eigenvalue weighted by Gasteiger charge is -2.05. The number of pyridine rings is 2. The molecule has 0 radical (unpaired) electrons. The van der Waals surface area contributed by atoms with Crippen LogP contribution in [-0.4, -0.2) is 26.9 Å². The van der Waals surface area contributed by atoms with Gasteiger partial charge in [0.15, 0.2) is 5.65 Å². The summed E-state index contributed by atoms with van der Waals surface area (Å²) in [5.41, 5.74) is 2.41. The molecule has 6 heteroatoms. The molecule has 3 heterocycles. The van der Waals surface area contributed by atoms with Crippen LogP contribution in [0.15, 0.2) is 30.6 Å². The van der Waals surface area contributed by atoms with Crippen molar-refractivity contribution < 1.29 is 4.74 Å². The average molecular weight is 275 g/mol. The predicted molar refractivity (Wildman–Crippen MR) is 73.3 cm³/mol. The molecule has 0 saturated heterocycles. The van der Waals surface area contributed by atoms with Crippen molar-refractivity contribution >= 4 is 22.6 Å². The maximum atomic E-state index is 6.26. The van der Waals surface area contributed by atoms with E-state index in [0.29, 0.717) is 10.9 Å². The van der Waals surface area contributed by atoms with Gasteiger partial charge in [-0.05, 0) is 12.1 Å². The number of ether oxygens (including phenoxy) is 1. The number of halogens is 1. The summed E-state index contributed by atoms with van der Waals surface area (Å²) in [7, 11) is 3.42. The standard InChI is InChI=1S/C13H11ClN4O/c1-18-13-9(7-16-18)10(14)6-11(17-13)8-3-4-15-12(5-8)19-2/h3-7H,1-2H3. The Morgan fingerprint density at radius 3 is 2.95 bits per heavy atom. The third-order valence-corrected chi connectivity index (χ3v) is 3.21. The van der Waals surface area contributed by atoms with Gasteiger partial charge in [0.1, 0.15) is 0 Å². The largest absolute Gasteiger partial charge is 0.481 e. The fourth-order valence-electron chi connectivity index (χ4n) is 1.90. The summed E-state index contributed by atoms with van der Waals surface area (Å²) in [6.45, 7) is 0. The number of aryl methyl sites for hydroxylation is 1. The third kappa shape index (κ3) is 2.02. The monoisotopic (exact) mass is 274 g/mol. The van der Waals surface area contributed by atoms with Crippen molar-refractivity contribution in [3.8, 4) is 17.1 Å². The quantitative estimate of drug-likeness (QED) is 0.721. The van der Waals surface area contributed by atoms with E-state index in [-0.39, 0.29) is 0 Å². The first-order chi connectivity index (χ1) is 9.19. The van der Waals surface area contributed by atoms with Gasteiger partial charge in [-0.25, -0.2) is 9.97 Å². The smallest absolute Gasteiger partial charge is 0.213 e. The number of hydrogen-bond acceptors (Lipinski definition) is 4. The Morgan fingerprint density at radius 2 is 2.16 bits per heavy atom. The molecule has 0 unspecified atom stereocenters. The Balaban J connectivity index is 2.21. The second-order valence-corrected chi connectivity index (χ2v) is 4.49. The maximum absolute atomic E-state index is 6.26. The number of aromatic nitrogens is 4. The van der Waals surface area contributed by atoms with Crippen molar-refractivity contribution in [3.63, 3.8) is 0 Å². The van der Waals surface area contributed by atoms with E-state index in [2.05, 4.69) is 15.1 Å². The van der Waals surface area contributed by atoms with E-state index < -0.39 is 0 Å². The van der Waals surface area contributed by atoms with Crippen LogP contribution in [0, 0.1) is 0 Å². The van der Waals surface area contributed by atoms with E-state index >= 15 is 0 Å². The van der Waals surface area contributed by atoms with Crippen LogP contribution in [0.2, 0.25) is 5.02 Å². The van der Waals surface area contributed by atoms with Crippen LogP contribution in [0.1, 0.15) is 0 Å². The average Bonchev–Trinajstić information content (AvgIpc) is 2.81. The molecule has 3 aromatic rings. The Hall–Kier alpha value is -2.14. The van der Waals surface area contributed by atoms with E-state index in [4.69, 9.17) is 16.3 Å². The summed E-state index contributed by atoms with van der Waals surface area (Å²) in [5, 5.41) is 5.63. The summed E-state index contributed by atoms with van der Waals surface area (Å²) in [4.78, 5) is 8.65. The van der Waals surface area contributed by atoms with E-state index in [1.54, 1.807) is 24.2 Å². The molecule has 3 rings (SSSR count). The minimum absolute atomic E-state index is 0.542. The highest BCUT2D eigenvalue weighted by Crippen LogP contribution is 2.28. The molecule has 0 aliphatic heterocycles. The third-order valence-electron chi connectivity index (χ3n) is 2.89. The molecule has 0 aliphatic carbocycles. The first-order valence-corrected chi connectivity index (χ1v) is 6.05. The molecule has 0 aliphatic rings. The zero-order chi connectivity index (χ0) is 13.4. The predicted octanol–water partition coefficient (Wildman–Crippen LogP) is 2.69. The minimum atomic E-state index is 0.542. The lowest BCUT2D eigenvalue weighted by molar-refractivity contribution is 0.398. The molecule has 0 amide bonds. The normalized spacial score (nSPS) is 10.9. The highest BCUT2D eigenvalue weighted by molar-refractivity contribution is 6.35. The first kappa shape index (κ1) is 11.9. The van der Waals surface area contributed by atoms with Crippen molar-refractivity contribution in [2.24, 2.45) is 7.05 Å². The van der Waals surface area contributed by atoms with E-state index in [9.17, 15) is 0 Å². The molecule has 96 valence electrons. The molecule has 0 atom stereocenters. The topological polar surface area (TPSA) is 52.8 Å². The zero-order valence-electron chi connectivity index (χ0n) is 10.5. The molecule has 0 spiro atoms. The van der Waals surface area contributed by atoms with Gasteiger partial charge in [0.2, 0.25) is 5.88 Å².